The van der Waals surface area contributed by atoms with Gasteiger partial charge in [-0.1, -0.05) is 0 Å². The maximum atomic E-state index is 4.67. The van der Waals surface area contributed by atoms with Crippen molar-refractivity contribution in [1.82, 2.24) is 19.7 Å². The van der Waals surface area contributed by atoms with Crippen LogP contribution in [0.4, 0.5) is 5.82 Å². The fraction of sp³-hybridized carbons (Fsp3) is 0.500. The molecule has 5 heteroatoms. The van der Waals surface area contributed by atoms with E-state index in [0.29, 0.717) is 6.04 Å². The molecule has 0 amide bonds. The van der Waals surface area contributed by atoms with E-state index in [-0.39, 0.29) is 0 Å². The van der Waals surface area contributed by atoms with Gasteiger partial charge in [0.05, 0.1) is 6.04 Å². The van der Waals surface area contributed by atoms with Crippen molar-refractivity contribution in [2.24, 2.45) is 0 Å². The Labute approximate surface area is 112 Å². The Bertz CT molecular complexity index is 599. The molecule has 2 aliphatic rings. The number of hydrogen-bond donors (Lipinski definition) is 0. The SMILES string of the molecule is Cc1nc2c(c(N3CC(n4cccn4)C3)n1)CCC2. The molecule has 0 unspecified atom stereocenters. The smallest absolute Gasteiger partial charge is 0.135 e. The number of rotatable bonds is 2. The molecule has 19 heavy (non-hydrogen) atoms. The van der Waals surface area contributed by atoms with Gasteiger partial charge in [0.1, 0.15) is 11.6 Å². The normalized spacial score (nSPS) is 18.5. The van der Waals surface area contributed by atoms with Crippen LogP contribution in [0.15, 0.2) is 18.5 Å². The highest BCUT2D eigenvalue weighted by Crippen LogP contribution is 2.33. The molecule has 1 aliphatic carbocycles. The summed E-state index contributed by atoms with van der Waals surface area (Å²) in [5, 5.41) is 4.31. The van der Waals surface area contributed by atoms with Gasteiger partial charge >= 0.3 is 0 Å². The second kappa shape index (κ2) is 4.05. The van der Waals surface area contributed by atoms with E-state index in [9.17, 15) is 0 Å². The lowest BCUT2D eigenvalue weighted by Crippen LogP contribution is -2.48. The average Bonchev–Trinajstić information content (AvgIpc) is 2.96. The molecule has 0 saturated carbocycles. The van der Waals surface area contributed by atoms with Crippen LogP contribution in [0.2, 0.25) is 0 Å². The first-order chi connectivity index (χ1) is 9.31. The van der Waals surface area contributed by atoms with Crippen LogP contribution in [0.25, 0.3) is 0 Å². The van der Waals surface area contributed by atoms with Gasteiger partial charge in [-0.3, -0.25) is 4.68 Å². The largest absolute Gasteiger partial charge is 0.352 e. The number of anilines is 1. The fourth-order valence-corrected chi connectivity index (χ4v) is 3.09. The molecule has 0 spiro atoms. The monoisotopic (exact) mass is 255 g/mol. The number of aryl methyl sites for hydroxylation is 2. The van der Waals surface area contributed by atoms with Gasteiger partial charge in [0, 0.05) is 36.7 Å². The Morgan fingerprint density at radius 3 is 2.89 bits per heavy atom. The first-order valence-electron chi connectivity index (χ1n) is 6.92. The first kappa shape index (κ1) is 11.0. The van der Waals surface area contributed by atoms with Crippen molar-refractivity contribution in [2.75, 3.05) is 18.0 Å². The van der Waals surface area contributed by atoms with Gasteiger partial charge in [0.15, 0.2) is 0 Å². The van der Waals surface area contributed by atoms with E-state index in [2.05, 4.69) is 20.0 Å². The molecule has 0 atom stereocenters. The third-order valence-electron chi connectivity index (χ3n) is 4.08. The molecule has 1 fully saturated rings. The van der Waals surface area contributed by atoms with Gasteiger partial charge in [0.2, 0.25) is 0 Å². The van der Waals surface area contributed by atoms with Crippen LogP contribution in [0, 0.1) is 6.92 Å². The van der Waals surface area contributed by atoms with E-state index in [1.807, 2.05) is 30.1 Å². The zero-order valence-electron chi connectivity index (χ0n) is 11.1. The van der Waals surface area contributed by atoms with Gasteiger partial charge in [-0.2, -0.15) is 5.10 Å². The molecule has 4 rings (SSSR count). The minimum Gasteiger partial charge on any atom is -0.352 e. The highest BCUT2D eigenvalue weighted by atomic mass is 15.4. The molecular formula is C14H17N5. The second-order valence-corrected chi connectivity index (χ2v) is 5.42. The summed E-state index contributed by atoms with van der Waals surface area (Å²) in [5.41, 5.74) is 2.65. The zero-order chi connectivity index (χ0) is 12.8. The molecule has 1 saturated heterocycles. The first-order valence-corrected chi connectivity index (χ1v) is 6.92. The molecule has 0 aromatic carbocycles. The topological polar surface area (TPSA) is 46.8 Å². The third kappa shape index (κ3) is 1.72. The van der Waals surface area contributed by atoms with Crippen LogP contribution in [0.1, 0.15) is 29.5 Å². The summed E-state index contributed by atoms with van der Waals surface area (Å²) in [7, 11) is 0. The molecule has 2 aromatic heterocycles. The summed E-state index contributed by atoms with van der Waals surface area (Å²) in [5.74, 6) is 2.07. The molecule has 1 aliphatic heterocycles. The Morgan fingerprint density at radius 2 is 2.11 bits per heavy atom. The van der Waals surface area contributed by atoms with Gasteiger partial charge in [-0.05, 0) is 32.3 Å². The summed E-state index contributed by atoms with van der Waals surface area (Å²) in [6, 6.07) is 2.47. The molecule has 3 heterocycles. The van der Waals surface area contributed by atoms with Gasteiger partial charge < -0.3 is 4.90 Å². The standard InChI is InChI=1S/C14H17N5/c1-10-16-13-5-2-4-12(13)14(17-10)18-8-11(9-18)19-7-3-6-15-19/h3,6-7,11H,2,4-5,8-9H2,1H3. The van der Waals surface area contributed by atoms with E-state index in [4.69, 9.17) is 0 Å². The number of nitrogens with zero attached hydrogens (tertiary/aromatic N) is 5. The summed E-state index contributed by atoms with van der Waals surface area (Å²) >= 11 is 0. The Kier molecular flexibility index (Phi) is 2.33. The zero-order valence-corrected chi connectivity index (χ0v) is 11.1. The van der Waals surface area contributed by atoms with Crippen LogP contribution >= 0.6 is 0 Å². The molecule has 0 bridgehead atoms. The lowest BCUT2D eigenvalue weighted by molar-refractivity contribution is 0.365. The second-order valence-electron chi connectivity index (χ2n) is 5.42. The maximum absolute atomic E-state index is 4.67. The summed E-state index contributed by atoms with van der Waals surface area (Å²) < 4.78 is 2.05. The molecule has 2 aromatic rings. The number of hydrogen-bond acceptors (Lipinski definition) is 4. The summed E-state index contributed by atoms with van der Waals surface area (Å²) in [4.78, 5) is 11.6. The van der Waals surface area contributed by atoms with E-state index < -0.39 is 0 Å². The average molecular weight is 255 g/mol. The highest BCUT2D eigenvalue weighted by Gasteiger charge is 2.32. The fourth-order valence-electron chi connectivity index (χ4n) is 3.09. The van der Waals surface area contributed by atoms with E-state index in [1.54, 1.807) is 0 Å². The molecule has 5 nitrogen and oxygen atoms in total. The van der Waals surface area contributed by atoms with Crippen LogP contribution in [0.3, 0.4) is 0 Å². The number of fused-ring (bicyclic) bond motifs is 1. The summed E-state index contributed by atoms with van der Waals surface area (Å²) in [6.07, 6.45) is 7.35. The lowest BCUT2D eigenvalue weighted by atomic mass is 10.1. The van der Waals surface area contributed by atoms with Crippen LogP contribution in [-0.4, -0.2) is 32.8 Å². The molecule has 0 N–H and O–H groups in total. The number of aromatic nitrogens is 4. The van der Waals surface area contributed by atoms with Crippen molar-refractivity contribution in [3.05, 3.63) is 35.5 Å². The van der Waals surface area contributed by atoms with Crippen LogP contribution in [0.5, 0.6) is 0 Å². The van der Waals surface area contributed by atoms with Gasteiger partial charge in [-0.15, -0.1) is 0 Å². The summed E-state index contributed by atoms with van der Waals surface area (Å²) in [6.45, 7) is 4.00. The minimum atomic E-state index is 0.488. The van der Waals surface area contributed by atoms with Crippen molar-refractivity contribution >= 4 is 5.82 Å². The van der Waals surface area contributed by atoms with Crippen molar-refractivity contribution < 1.29 is 0 Å². The van der Waals surface area contributed by atoms with Crippen molar-refractivity contribution in [2.45, 2.75) is 32.2 Å². The van der Waals surface area contributed by atoms with Crippen molar-refractivity contribution in [3.8, 4) is 0 Å². The predicted octanol–water partition coefficient (Wildman–Crippen LogP) is 1.53. The Balaban J connectivity index is 1.59. The van der Waals surface area contributed by atoms with Gasteiger partial charge in [-0.25, -0.2) is 9.97 Å². The van der Waals surface area contributed by atoms with Crippen molar-refractivity contribution in [3.63, 3.8) is 0 Å². The van der Waals surface area contributed by atoms with Crippen molar-refractivity contribution in [1.29, 1.82) is 0 Å². The highest BCUT2D eigenvalue weighted by molar-refractivity contribution is 5.53. The van der Waals surface area contributed by atoms with E-state index in [1.165, 1.54) is 23.5 Å². The predicted molar refractivity (Wildman–Crippen MR) is 72.3 cm³/mol. The van der Waals surface area contributed by atoms with Crippen LogP contribution in [-0.2, 0) is 12.8 Å². The molecule has 98 valence electrons. The Hall–Kier alpha value is -1.91. The van der Waals surface area contributed by atoms with E-state index in [0.717, 1.165) is 31.8 Å². The van der Waals surface area contributed by atoms with Crippen LogP contribution < -0.4 is 4.90 Å². The molecular weight excluding hydrogens is 238 g/mol. The molecule has 0 radical (unpaired) electrons. The van der Waals surface area contributed by atoms with E-state index >= 15 is 0 Å². The van der Waals surface area contributed by atoms with Gasteiger partial charge in [0.25, 0.3) is 0 Å². The Morgan fingerprint density at radius 1 is 1.21 bits per heavy atom. The minimum absolute atomic E-state index is 0.488. The maximum Gasteiger partial charge on any atom is 0.135 e. The quantitative estimate of drug-likeness (QED) is 0.816. The lowest BCUT2D eigenvalue weighted by Gasteiger charge is -2.40. The third-order valence-corrected chi connectivity index (χ3v) is 4.08.